The van der Waals surface area contributed by atoms with Gasteiger partial charge >= 0.3 is 5.97 Å². The molecule has 5 heteroatoms. The van der Waals surface area contributed by atoms with Crippen molar-refractivity contribution in [3.05, 3.63) is 94.5 Å². The third kappa shape index (κ3) is 4.83. The van der Waals surface area contributed by atoms with Crippen molar-refractivity contribution in [1.82, 2.24) is 5.32 Å². The Morgan fingerprint density at radius 2 is 1.74 bits per heavy atom. The van der Waals surface area contributed by atoms with E-state index in [0.29, 0.717) is 12.1 Å². The molecule has 0 fully saturated rings. The number of carboxylic acid groups (broad SMARTS) is 1. The summed E-state index contributed by atoms with van der Waals surface area (Å²) in [6.07, 6.45) is 2.27. The molecule has 3 aromatic rings. The number of aliphatic hydroxyl groups is 1. The molecule has 3 N–H and O–H groups in total. The fourth-order valence-electron chi connectivity index (χ4n) is 4.09. The zero-order valence-electron chi connectivity index (χ0n) is 17.1. The fourth-order valence-corrected chi connectivity index (χ4v) is 4.09. The number of carboxylic acids is 1. The lowest BCUT2D eigenvalue weighted by Gasteiger charge is -2.27. The van der Waals surface area contributed by atoms with E-state index < -0.39 is 12.1 Å². The predicted molar refractivity (Wildman–Crippen MR) is 119 cm³/mol. The van der Waals surface area contributed by atoms with Gasteiger partial charge in [0.1, 0.15) is 0 Å². The van der Waals surface area contributed by atoms with Crippen molar-refractivity contribution in [2.24, 2.45) is 0 Å². The van der Waals surface area contributed by atoms with E-state index in [1.165, 1.54) is 11.1 Å². The summed E-state index contributed by atoms with van der Waals surface area (Å²) < 4.78 is 0. The predicted octanol–water partition coefficient (Wildman–Crippen LogP) is 4.10. The highest BCUT2D eigenvalue weighted by Gasteiger charge is 2.20. The van der Waals surface area contributed by atoms with Crippen LogP contribution < -0.4 is 5.32 Å². The van der Waals surface area contributed by atoms with Crippen LogP contribution in [0.25, 0.3) is 11.1 Å². The average molecular weight is 412 g/mol. The molecule has 0 saturated heterocycles. The third-order valence-electron chi connectivity index (χ3n) is 5.92. The number of aryl methyl sites for hydroxylation is 1. The monoisotopic (exact) mass is 412 g/mol. The summed E-state index contributed by atoms with van der Waals surface area (Å²) in [7, 11) is 0. The first-order valence-corrected chi connectivity index (χ1v) is 10.4. The summed E-state index contributed by atoms with van der Waals surface area (Å²) in [4.78, 5) is 11.1. The van der Waals surface area contributed by atoms with E-state index in [9.17, 15) is 9.90 Å². The van der Waals surface area contributed by atoms with Crippen molar-refractivity contribution in [3.8, 4) is 17.2 Å². The van der Waals surface area contributed by atoms with Crippen molar-refractivity contribution < 1.29 is 15.0 Å². The number of hydrogen-bond donors (Lipinski definition) is 3. The van der Waals surface area contributed by atoms with Gasteiger partial charge in [-0.15, -0.1) is 0 Å². The summed E-state index contributed by atoms with van der Waals surface area (Å²) in [5, 5.41) is 31.9. The van der Waals surface area contributed by atoms with E-state index >= 15 is 0 Å². The maximum atomic E-state index is 11.1. The Hall–Kier alpha value is -3.46. The smallest absolute Gasteiger partial charge is 0.335 e. The molecule has 0 spiro atoms. The first-order valence-electron chi connectivity index (χ1n) is 10.4. The van der Waals surface area contributed by atoms with Crippen molar-refractivity contribution in [2.75, 3.05) is 6.54 Å². The van der Waals surface area contributed by atoms with Gasteiger partial charge in [0, 0.05) is 12.6 Å². The highest BCUT2D eigenvalue weighted by molar-refractivity contribution is 5.88. The summed E-state index contributed by atoms with van der Waals surface area (Å²) in [6, 6.07) is 22.8. The number of fused-ring (bicyclic) bond motifs is 1. The zero-order valence-corrected chi connectivity index (χ0v) is 17.1. The molecule has 5 nitrogen and oxygen atoms in total. The molecular weight excluding hydrogens is 388 g/mol. The molecule has 3 aromatic carbocycles. The van der Waals surface area contributed by atoms with Crippen LogP contribution in [0, 0.1) is 11.3 Å². The molecule has 0 heterocycles. The molecule has 1 aliphatic carbocycles. The number of hydrogen-bond acceptors (Lipinski definition) is 4. The first-order chi connectivity index (χ1) is 15.0. The van der Waals surface area contributed by atoms with Crippen LogP contribution in [-0.4, -0.2) is 28.8 Å². The van der Waals surface area contributed by atoms with Crippen LogP contribution in [0.2, 0.25) is 0 Å². The SMILES string of the molecule is N#Cc1ccc([C@@H](O)CN[C@H]2CCc3ccc(-c4ccc(C(=O)O)cc4)cc3C2)cc1. The first kappa shape index (κ1) is 20.8. The van der Waals surface area contributed by atoms with Crippen molar-refractivity contribution in [3.63, 3.8) is 0 Å². The van der Waals surface area contributed by atoms with Crippen LogP contribution in [0.1, 0.15) is 45.1 Å². The zero-order chi connectivity index (χ0) is 21.8. The summed E-state index contributed by atoms with van der Waals surface area (Å²) in [5.41, 5.74) is 6.38. The largest absolute Gasteiger partial charge is 0.478 e. The lowest BCUT2D eigenvalue weighted by molar-refractivity contribution is 0.0697. The van der Waals surface area contributed by atoms with Gasteiger partial charge in [-0.25, -0.2) is 4.79 Å². The minimum absolute atomic E-state index is 0.283. The highest BCUT2D eigenvalue weighted by Crippen LogP contribution is 2.28. The van der Waals surface area contributed by atoms with Gasteiger partial charge in [0.05, 0.1) is 23.3 Å². The third-order valence-corrected chi connectivity index (χ3v) is 5.92. The van der Waals surface area contributed by atoms with Crippen LogP contribution in [0.4, 0.5) is 0 Å². The lowest BCUT2D eigenvalue weighted by atomic mass is 9.86. The molecular formula is C26H24N2O3. The molecule has 156 valence electrons. The summed E-state index contributed by atoms with van der Waals surface area (Å²) in [5.74, 6) is -0.922. The van der Waals surface area contributed by atoms with Crippen LogP contribution >= 0.6 is 0 Å². The van der Waals surface area contributed by atoms with Gasteiger partial charge in [0.2, 0.25) is 0 Å². The van der Waals surface area contributed by atoms with Crippen molar-refractivity contribution >= 4 is 5.97 Å². The minimum atomic E-state index is -0.922. The fraction of sp³-hybridized carbons (Fsp3) is 0.231. The Bertz CT molecular complexity index is 1110. The number of aromatic carboxylic acids is 1. The number of nitrogens with one attached hydrogen (secondary N) is 1. The molecule has 0 saturated carbocycles. The average Bonchev–Trinajstić information content (AvgIpc) is 2.82. The van der Waals surface area contributed by atoms with Gasteiger partial charge in [-0.3, -0.25) is 0 Å². The van der Waals surface area contributed by atoms with Crippen LogP contribution in [0.3, 0.4) is 0 Å². The normalized spacial score (nSPS) is 16.2. The number of nitriles is 1. The Morgan fingerprint density at radius 1 is 1.03 bits per heavy atom. The van der Waals surface area contributed by atoms with E-state index in [0.717, 1.165) is 36.0 Å². The summed E-state index contributed by atoms with van der Waals surface area (Å²) in [6.45, 7) is 0.461. The van der Waals surface area contributed by atoms with Gasteiger partial charge in [-0.05, 0) is 71.3 Å². The lowest BCUT2D eigenvalue weighted by Crippen LogP contribution is -2.37. The van der Waals surface area contributed by atoms with Gasteiger partial charge in [0.25, 0.3) is 0 Å². The molecule has 31 heavy (non-hydrogen) atoms. The van der Waals surface area contributed by atoms with Gasteiger partial charge in [-0.1, -0.05) is 42.5 Å². The van der Waals surface area contributed by atoms with E-state index in [-0.39, 0.29) is 11.6 Å². The van der Waals surface area contributed by atoms with E-state index in [2.05, 4.69) is 29.6 Å². The maximum Gasteiger partial charge on any atom is 0.335 e. The van der Waals surface area contributed by atoms with Crippen LogP contribution in [-0.2, 0) is 12.8 Å². The van der Waals surface area contributed by atoms with Gasteiger partial charge in [0.15, 0.2) is 0 Å². The Kier molecular flexibility index (Phi) is 6.13. The maximum absolute atomic E-state index is 11.1. The van der Waals surface area contributed by atoms with Crippen molar-refractivity contribution in [2.45, 2.75) is 31.4 Å². The number of aliphatic hydroxyl groups excluding tert-OH is 1. The standard InChI is InChI=1S/C26H24N2O3/c27-15-17-1-3-20(4-2-17)25(29)16-28-24-12-11-19-7-10-22(13-23(19)14-24)18-5-8-21(9-6-18)26(30)31/h1-10,13,24-25,28-29H,11-12,14,16H2,(H,30,31)/t24-,25-/m0/s1. The molecule has 2 atom stereocenters. The number of carbonyl (C=O) groups is 1. The Balaban J connectivity index is 1.41. The van der Waals surface area contributed by atoms with Gasteiger partial charge < -0.3 is 15.5 Å². The second-order valence-electron chi connectivity index (χ2n) is 7.96. The Labute approximate surface area is 181 Å². The molecule has 0 radical (unpaired) electrons. The number of rotatable bonds is 6. The molecule has 1 aliphatic rings. The van der Waals surface area contributed by atoms with Crippen molar-refractivity contribution in [1.29, 1.82) is 5.26 Å². The van der Waals surface area contributed by atoms with E-state index in [1.807, 2.05) is 12.1 Å². The topological polar surface area (TPSA) is 93.4 Å². The second kappa shape index (κ2) is 9.13. The molecule has 0 unspecified atom stereocenters. The summed E-state index contributed by atoms with van der Waals surface area (Å²) >= 11 is 0. The molecule has 4 rings (SSSR count). The van der Waals surface area contributed by atoms with Crippen LogP contribution in [0.5, 0.6) is 0 Å². The quantitative estimate of drug-likeness (QED) is 0.567. The Morgan fingerprint density at radius 3 is 2.42 bits per heavy atom. The van der Waals surface area contributed by atoms with E-state index in [1.54, 1.807) is 36.4 Å². The van der Waals surface area contributed by atoms with E-state index in [4.69, 9.17) is 10.4 Å². The minimum Gasteiger partial charge on any atom is -0.478 e. The van der Waals surface area contributed by atoms with Gasteiger partial charge in [-0.2, -0.15) is 5.26 Å². The molecule has 0 bridgehead atoms. The second-order valence-corrected chi connectivity index (χ2v) is 7.96. The molecule has 0 aromatic heterocycles. The number of nitrogens with zero attached hydrogens (tertiary/aromatic N) is 1. The number of benzene rings is 3. The molecule has 0 amide bonds. The highest BCUT2D eigenvalue weighted by atomic mass is 16.4. The molecule has 0 aliphatic heterocycles. The van der Waals surface area contributed by atoms with Crippen LogP contribution in [0.15, 0.2) is 66.7 Å².